The van der Waals surface area contributed by atoms with Crippen LogP contribution in [0.3, 0.4) is 0 Å². The van der Waals surface area contributed by atoms with Crippen LogP contribution >= 0.6 is 15.9 Å². The average Bonchev–Trinajstić information content (AvgIpc) is 2.80. The van der Waals surface area contributed by atoms with Crippen LogP contribution in [0.15, 0.2) is 34.9 Å². The highest BCUT2D eigenvalue weighted by Gasteiger charge is 2.07. The van der Waals surface area contributed by atoms with Gasteiger partial charge < -0.3 is 10.4 Å². The van der Waals surface area contributed by atoms with Gasteiger partial charge in [0, 0.05) is 16.7 Å². The minimum Gasteiger partial charge on any atom is -0.476 e. The summed E-state index contributed by atoms with van der Waals surface area (Å²) in [6.45, 7) is 1.17. The first kappa shape index (κ1) is 12.6. The summed E-state index contributed by atoms with van der Waals surface area (Å²) in [6.07, 6.45) is 1.41. The van der Waals surface area contributed by atoms with E-state index >= 15 is 0 Å². The molecule has 18 heavy (non-hydrogen) atoms. The number of para-hydroxylation sites is 1. The molecule has 0 aliphatic rings. The SMILES string of the molecule is O=C(O)c1cn(CCNc2ccccc2Br)nn1. The Hall–Kier alpha value is -1.89. The molecule has 0 spiro atoms. The van der Waals surface area contributed by atoms with E-state index < -0.39 is 5.97 Å². The van der Waals surface area contributed by atoms with Crippen LogP contribution in [0.2, 0.25) is 0 Å². The number of aromatic carboxylic acids is 1. The fourth-order valence-corrected chi connectivity index (χ4v) is 1.84. The molecule has 94 valence electrons. The Labute approximate surface area is 112 Å². The van der Waals surface area contributed by atoms with Gasteiger partial charge in [0.05, 0.1) is 12.7 Å². The Morgan fingerprint density at radius 2 is 2.22 bits per heavy atom. The van der Waals surface area contributed by atoms with Crippen molar-refractivity contribution in [2.45, 2.75) is 6.54 Å². The van der Waals surface area contributed by atoms with E-state index in [1.54, 1.807) is 0 Å². The first-order chi connectivity index (χ1) is 8.66. The van der Waals surface area contributed by atoms with Crippen molar-refractivity contribution in [3.8, 4) is 0 Å². The van der Waals surface area contributed by atoms with Crippen LogP contribution in [0.5, 0.6) is 0 Å². The molecule has 6 nitrogen and oxygen atoms in total. The molecule has 0 atom stereocenters. The highest BCUT2D eigenvalue weighted by Crippen LogP contribution is 2.20. The van der Waals surface area contributed by atoms with Crippen molar-refractivity contribution < 1.29 is 9.90 Å². The molecule has 1 aromatic heterocycles. The van der Waals surface area contributed by atoms with E-state index in [4.69, 9.17) is 5.11 Å². The van der Waals surface area contributed by atoms with E-state index in [1.807, 2.05) is 24.3 Å². The maximum atomic E-state index is 10.6. The third-order valence-electron chi connectivity index (χ3n) is 2.29. The average molecular weight is 311 g/mol. The third-order valence-corrected chi connectivity index (χ3v) is 2.98. The minimum absolute atomic E-state index is 0.0455. The Morgan fingerprint density at radius 3 is 2.89 bits per heavy atom. The van der Waals surface area contributed by atoms with Gasteiger partial charge in [-0.25, -0.2) is 9.48 Å². The third kappa shape index (κ3) is 3.07. The van der Waals surface area contributed by atoms with E-state index in [-0.39, 0.29) is 5.69 Å². The van der Waals surface area contributed by atoms with E-state index in [1.165, 1.54) is 10.9 Å². The van der Waals surface area contributed by atoms with Gasteiger partial charge in [-0.1, -0.05) is 17.3 Å². The molecule has 2 rings (SSSR count). The first-order valence-corrected chi connectivity index (χ1v) is 6.08. The van der Waals surface area contributed by atoms with Gasteiger partial charge in [-0.15, -0.1) is 5.10 Å². The van der Waals surface area contributed by atoms with Crippen molar-refractivity contribution in [3.63, 3.8) is 0 Å². The molecule has 0 radical (unpaired) electrons. The predicted octanol–water partition coefficient (Wildman–Crippen LogP) is 1.85. The molecule has 2 N–H and O–H groups in total. The van der Waals surface area contributed by atoms with E-state index in [0.717, 1.165) is 10.2 Å². The van der Waals surface area contributed by atoms with Crippen molar-refractivity contribution >= 4 is 27.6 Å². The zero-order valence-corrected chi connectivity index (χ0v) is 11.0. The van der Waals surface area contributed by atoms with Crippen LogP contribution in [0.4, 0.5) is 5.69 Å². The molecule has 0 saturated carbocycles. The highest BCUT2D eigenvalue weighted by atomic mass is 79.9. The lowest BCUT2D eigenvalue weighted by Gasteiger charge is -2.07. The lowest BCUT2D eigenvalue weighted by molar-refractivity contribution is 0.0690. The van der Waals surface area contributed by atoms with Crippen LogP contribution in [0.1, 0.15) is 10.5 Å². The molecule has 0 unspecified atom stereocenters. The van der Waals surface area contributed by atoms with E-state index in [9.17, 15) is 4.79 Å². The first-order valence-electron chi connectivity index (χ1n) is 5.28. The number of nitrogens with one attached hydrogen (secondary N) is 1. The quantitative estimate of drug-likeness (QED) is 0.881. The maximum absolute atomic E-state index is 10.6. The van der Waals surface area contributed by atoms with Gasteiger partial charge in [-0.3, -0.25) is 0 Å². The zero-order valence-electron chi connectivity index (χ0n) is 9.38. The Balaban J connectivity index is 1.88. The highest BCUT2D eigenvalue weighted by molar-refractivity contribution is 9.10. The molecule has 0 aliphatic heterocycles. The molecule has 0 fully saturated rings. The molecule has 0 aliphatic carbocycles. The number of aromatic nitrogens is 3. The maximum Gasteiger partial charge on any atom is 0.358 e. The molecular weight excluding hydrogens is 300 g/mol. The second kappa shape index (κ2) is 5.63. The number of carbonyl (C=O) groups is 1. The topological polar surface area (TPSA) is 80.0 Å². The van der Waals surface area contributed by atoms with Gasteiger partial charge in [-0.05, 0) is 28.1 Å². The summed E-state index contributed by atoms with van der Waals surface area (Å²) in [5, 5.41) is 19.2. The fraction of sp³-hybridized carbons (Fsp3) is 0.182. The molecule has 1 aromatic carbocycles. The molecule has 2 aromatic rings. The van der Waals surface area contributed by atoms with Crippen LogP contribution in [0.25, 0.3) is 0 Å². The van der Waals surface area contributed by atoms with Crippen molar-refractivity contribution in [3.05, 3.63) is 40.6 Å². The Bertz CT molecular complexity index is 555. The molecule has 7 heteroatoms. The van der Waals surface area contributed by atoms with E-state index in [0.29, 0.717) is 13.1 Å². The van der Waals surface area contributed by atoms with Crippen LogP contribution in [0, 0.1) is 0 Å². The summed E-state index contributed by atoms with van der Waals surface area (Å²) in [5.74, 6) is -1.07. The summed E-state index contributed by atoms with van der Waals surface area (Å²) in [5.41, 5.74) is 0.937. The molecule has 1 heterocycles. The second-order valence-corrected chi connectivity index (χ2v) is 4.43. The number of carboxylic acid groups (broad SMARTS) is 1. The van der Waals surface area contributed by atoms with Crippen molar-refractivity contribution in [2.24, 2.45) is 0 Å². The largest absolute Gasteiger partial charge is 0.476 e. The van der Waals surface area contributed by atoms with Gasteiger partial charge >= 0.3 is 5.97 Å². The number of rotatable bonds is 5. The summed E-state index contributed by atoms with van der Waals surface area (Å²) < 4.78 is 2.47. The molecule has 0 bridgehead atoms. The number of anilines is 1. The van der Waals surface area contributed by atoms with Gasteiger partial charge in [-0.2, -0.15) is 0 Å². The second-order valence-electron chi connectivity index (χ2n) is 3.58. The summed E-state index contributed by atoms with van der Waals surface area (Å²) >= 11 is 3.43. The van der Waals surface area contributed by atoms with Crippen LogP contribution < -0.4 is 5.32 Å². The minimum atomic E-state index is -1.07. The number of halogens is 1. The monoisotopic (exact) mass is 310 g/mol. The Morgan fingerprint density at radius 1 is 1.44 bits per heavy atom. The van der Waals surface area contributed by atoms with Gasteiger partial charge in [0.2, 0.25) is 0 Å². The van der Waals surface area contributed by atoms with Crippen molar-refractivity contribution in [1.82, 2.24) is 15.0 Å². The number of hydrogen-bond donors (Lipinski definition) is 2. The van der Waals surface area contributed by atoms with Crippen molar-refractivity contribution in [1.29, 1.82) is 0 Å². The lowest BCUT2D eigenvalue weighted by atomic mass is 10.3. The lowest BCUT2D eigenvalue weighted by Crippen LogP contribution is -2.11. The molecular formula is C11H11BrN4O2. The van der Waals surface area contributed by atoms with Gasteiger partial charge in [0.15, 0.2) is 5.69 Å². The van der Waals surface area contributed by atoms with E-state index in [2.05, 4.69) is 31.6 Å². The normalized spacial score (nSPS) is 10.3. The number of carboxylic acids is 1. The summed E-state index contributed by atoms with van der Waals surface area (Å²) in [4.78, 5) is 10.6. The zero-order chi connectivity index (χ0) is 13.0. The standard InChI is InChI=1S/C11H11BrN4O2/c12-8-3-1-2-4-9(8)13-5-6-16-7-10(11(17)18)14-15-16/h1-4,7,13H,5-6H2,(H,17,18). The molecule has 0 amide bonds. The van der Waals surface area contributed by atoms with Gasteiger partial charge in [0.25, 0.3) is 0 Å². The smallest absolute Gasteiger partial charge is 0.358 e. The predicted molar refractivity (Wildman–Crippen MR) is 69.6 cm³/mol. The number of benzene rings is 1. The number of hydrogen-bond acceptors (Lipinski definition) is 4. The van der Waals surface area contributed by atoms with Crippen LogP contribution in [-0.4, -0.2) is 32.6 Å². The summed E-state index contributed by atoms with van der Waals surface area (Å²) in [7, 11) is 0. The van der Waals surface area contributed by atoms with Crippen LogP contribution in [-0.2, 0) is 6.54 Å². The van der Waals surface area contributed by atoms with Gasteiger partial charge in [0.1, 0.15) is 0 Å². The summed E-state index contributed by atoms with van der Waals surface area (Å²) in [6, 6.07) is 7.77. The number of nitrogens with zero attached hydrogens (tertiary/aromatic N) is 3. The fourth-order valence-electron chi connectivity index (χ4n) is 1.42. The Kier molecular flexibility index (Phi) is 3.93. The van der Waals surface area contributed by atoms with Crippen molar-refractivity contribution in [2.75, 3.05) is 11.9 Å². The molecule has 0 saturated heterocycles.